The molecule has 0 radical (unpaired) electrons. The Hall–Kier alpha value is -1.59. The molecule has 174 valence electrons. The van der Waals surface area contributed by atoms with E-state index in [1.54, 1.807) is 0 Å². The summed E-state index contributed by atoms with van der Waals surface area (Å²) in [6.07, 6.45) is 12.2. The normalized spacial score (nSPS) is 33.7. The molecule has 0 amide bonds. The lowest BCUT2D eigenvalue weighted by atomic mass is 9.81. The Kier molecular flexibility index (Phi) is 12.0. The van der Waals surface area contributed by atoms with Crippen LogP contribution in [0.3, 0.4) is 0 Å². The molecule has 0 saturated heterocycles. The number of rotatable bonds is 3. The molecule has 3 N–H and O–H groups in total. The lowest BCUT2D eigenvalue weighted by Gasteiger charge is -2.23. The molecular weight excluding hydrogens is 384 g/mol. The van der Waals surface area contributed by atoms with Crippen molar-refractivity contribution in [3.8, 4) is 0 Å². The van der Waals surface area contributed by atoms with Gasteiger partial charge in [0.15, 0.2) is 0 Å². The topological polar surface area (TPSA) is 112 Å². The maximum Gasteiger partial charge on any atom is 0.306 e. The molecule has 6 nitrogen and oxygen atoms in total. The average molecular weight is 427 g/mol. The molecule has 6 atom stereocenters. The molecule has 0 aliphatic heterocycles. The van der Waals surface area contributed by atoms with E-state index in [0.717, 1.165) is 31.1 Å². The molecule has 0 aromatic carbocycles. The molecule has 6 heteroatoms. The van der Waals surface area contributed by atoms with Gasteiger partial charge in [-0.25, -0.2) is 0 Å². The maximum atomic E-state index is 10.5. The van der Waals surface area contributed by atoms with Crippen LogP contribution in [0.1, 0.15) is 97.8 Å². The summed E-state index contributed by atoms with van der Waals surface area (Å²) in [5.74, 6) is -0.621. The molecule has 0 aromatic rings. The molecule has 0 bridgehead atoms. The number of carboxylic acids is 3. The smallest absolute Gasteiger partial charge is 0.306 e. The first kappa shape index (κ1) is 26.4. The first-order valence-electron chi connectivity index (χ1n) is 11.8. The van der Waals surface area contributed by atoms with E-state index in [9.17, 15) is 14.4 Å². The molecule has 3 aliphatic rings. The second-order valence-corrected chi connectivity index (χ2v) is 9.92. The second kappa shape index (κ2) is 13.7. The van der Waals surface area contributed by atoms with Crippen LogP contribution < -0.4 is 0 Å². The zero-order valence-electron chi connectivity index (χ0n) is 19.0. The minimum absolute atomic E-state index is 0.0521. The van der Waals surface area contributed by atoms with Crippen molar-refractivity contribution in [3.63, 3.8) is 0 Å². The van der Waals surface area contributed by atoms with E-state index in [1.165, 1.54) is 32.1 Å². The fraction of sp³-hybridized carbons (Fsp3) is 0.875. The van der Waals surface area contributed by atoms with Crippen molar-refractivity contribution in [2.24, 2.45) is 35.5 Å². The van der Waals surface area contributed by atoms with Crippen molar-refractivity contribution >= 4 is 17.9 Å². The second-order valence-electron chi connectivity index (χ2n) is 9.92. The largest absolute Gasteiger partial charge is 0.481 e. The zero-order valence-corrected chi connectivity index (χ0v) is 19.0. The first-order chi connectivity index (χ1) is 14.1. The summed E-state index contributed by atoms with van der Waals surface area (Å²) in [4.78, 5) is 31.6. The van der Waals surface area contributed by atoms with Crippen LogP contribution in [0.4, 0.5) is 0 Å². The number of hydrogen-bond acceptors (Lipinski definition) is 3. The maximum absolute atomic E-state index is 10.5. The predicted molar refractivity (Wildman–Crippen MR) is 116 cm³/mol. The third kappa shape index (κ3) is 10.4. The van der Waals surface area contributed by atoms with Gasteiger partial charge >= 0.3 is 17.9 Å². The minimum Gasteiger partial charge on any atom is -0.481 e. The molecular formula is C24H42O6. The van der Waals surface area contributed by atoms with Crippen LogP contribution in [0, 0.1) is 35.5 Å². The van der Waals surface area contributed by atoms with Gasteiger partial charge in [0, 0.05) is 0 Å². The molecule has 3 aliphatic carbocycles. The van der Waals surface area contributed by atoms with Crippen molar-refractivity contribution in [3.05, 3.63) is 0 Å². The summed E-state index contributed by atoms with van der Waals surface area (Å²) in [5, 5.41) is 25.9. The van der Waals surface area contributed by atoms with Gasteiger partial charge in [0.2, 0.25) is 0 Å². The first-order valence-corrected chi connectivity index (χ1v) is 11.8. The quantitative estimate of drug-likeness (QED) is 0.534. The molecule has 0 aromatic heterocycles. The van der Waals surface area contributed by atoms with E-state index in [-0.39, 0.29) is 5.92 Å². The Morgan fingerprint density at radius 1 is 0.500 bits per heavy atom. The average Bonchev–Trinajstić information content (AvgIpc) is 2.69. The lowest BCUT2D eigenvalue weighted by molar-refractivity contribution is -0.148. The van der Waals surface area contributed by atoms with E-state index in [2.05, 4.69) is 20.8 Å². The third-order valence-electron chi connectivity index (χ3n) is 6.86. The van der Waals surface area contributed by atoms with Gasteiger partial charge in [0.25, 0.3) is 0 Å². The van der Waals surface area contributed by atoms with E-state index in [1.807, 2.05) is 0 Å². The van der Waals surface area contributed by atoms with Crippen LogP contribution in [0.25, 0.3) is 0 Å². The highest BCUT2D eigenvalue weighted by Crippen LogP contribution is 2.30. The van der Waals surface area contributed by atoms with Gasteiger partial charge in [-0.2, -0.15) is 0 Å². The highest BCUT2D eigenvalue weighted by Gasteiger charge is 2.30. The Labute approximate surface area is 181 Å². The summed E-state index contributed by atoms with van der Waals surface area (Å²) in [6, 6.07) is 0. The van der Waals surface area contributed by atoms with Crippen molar-refractivity contribution in [2.45, 2.75) is 97.8 Å². The Balaban J connectivity index is 0.000000230. The van der Waals surface area contributed by atoms with Gasteiger partial charge in [0.1, 0.15) is 0 Å². The Morgan fingerprint density at radius 3 is 1.07 bits per heavy atom. The fourth-order valence-electron chi connectivity index (χ4n) is 5.03. The lowest BCUT2D eigenvalue weighted by Crippen LogP contribution is -2.26. The van der Waals surface area contributed by atoms with Crippen molar-refractivity contribution < 1.29 is 29.7 Å². The highest BCUT2D eigenvalue weighted by atomic mass is 16.4. The van der Waals surface area contributed by atoms with Gasteiger partial charge in [-0.05, 0) is 56.3 Å². The van der Waals surface area contributed by atoms with Gasteiger partial charge in [-0.3, -0.25) is 14.4 Å². The monoisotopic (exact) mass is 426 g/mol. The molecule has 0 spiro atoms. The number of aliphatic carboxylic acids is 3. The number of hydrogen-bond donors (Lipinski definition) is 3. The van der Waals surface area contributed by atoms with Gasteiger partial charge in [0.05, 0.1) is 17.8 Å². The zero-order chi connectivity index (χ0) is 22.7. The van der Waals surface area contributed by atoms with E-state index in [0.29, 0.717) is 31.6 Å². The van der Waals surface area contributed by atoms with Crippen molar-refractivity contribution in [1.82, 2.24) is 0 Å². The molecule has 6 unspecified atom stereocenters. The SMILES string of the molecule is CC1CCCC(C(=O)O)C1.CC1CCCC(C)C1.O=C(O)C1CCCC(C(=O)O)C1. The van der Waals surface area contributed by atoms with E-state index in [4.69, 9.17) is 15.3 Å². The van der Waals surface area contributed by atoms with Gasteiger partial charge < -0.3 is 15.3 Å². The molecule has 0 heterocycles. The van der Waals surface area contributed by atoms with Gasteiger partial charge in [-0.1, -0.05) is 59.3 Å². The van der Waals surface area contributed by atoms with Gasteiger partial charge in [-0.15, -0.1) is 0 Å². The van der Waals surface area contributed by atoms with Crippen LogP contribution in [0.15, 0.2) is 0 Å². The molecule has 3 fully saturated rings. The van der Waals surface area contributed by atoms with Crippen molar-refractivity contribution in [2.75, 3.05) is 0 Å². The summed E-state index contributed by atoms with van der Waals surface area (Å²) in [7, 11) is 0. The molecule has 3 saturated carbocycles. The van der Waals surface area contributed by atoms with Crippen LogP contribution in [-0.4, -0.2) is 33.2 Å². The highest BCUT2D eigenvalue weighted by molar-refractivity contribution is 5.74. The standard InChI is InChI=1S/C8H12O4.C8H14O2.C8H16/c9-7(10)5-2-1-3-6(4-5)8(11)12;1-6-3-2-4-7(5-6)8(9)10;1-7-4-3-5-8(2)6-7/h5-6H,1-4H2,(H,9,10)(H,11,12);6-7H,2-5H2,1H3,(H,9,10);7-8H,3-6H2,1-2H3. The van der Waals surface area contributed by atoms with E-state index < -0.39 is 29.7 Å². The summed E-state index contributed by atoms with van der Waals surface area (Å²) in [5.41, 5.74) is 0. The van der Waals surface area contributed by atoms with E-state index >= 15 is 0 Å². The number of carboxylic acid groups (broad SMARTS) is 3. The minimum atomic E-state index is -0.860. The van der Waals surface area contributed by atoms with Crippen LogP contribution in [-0.2, 0) is 14.4 Å². The number of carbonyl (C=O) groups is 3. The molecule has 30 heavy (non-hydrogen) atoms. The van der Waals surface area contributed by atoms with Crippen LogP contribution >= 0.6 is 0 Å². The summed E-state index contributed by atoms with van der Waals surface area (Å²) >= 11 is 0. The Bertz CT molecular complexity index is 518. The molecule has 3 rings (SSSR count). The third-order valence-corrected chi connectivity index (χ3v) is 6.86. The summed E-state index contributed by atoms with van der Waals surface area (Å²) in [6.45, 7) is 6.88. The summed E-state index contributed by atoms with van der Waals surface area (Å²) < 4.78 is 0. The Morgan fingerprint density at radius 2 is 0.800 bits per heavy atom. The van der Waals surface area contributed by atoms with Crippen LogP contribution in [0.2, 0.25) is 0 Å². The fourth-order valence-corrected chi connectivity index (χ4v) is 5.03. The van der Waals surface area contributed by atoms with Crippen LogP contribution in [0.5, 0.6) is 0 Å². The predicted octanol–water partition coefficient (Wildman–Crippen LogP) is 5.69. The van der Waals surface area contributed by atoms with Crippen molar-refractivity contribution in [1.29, 1.82) is 0 Å².